The highest BCUT2D eigenvalue weighted by molar-refractivity contribution is 5.97. The molecule has 7 rings (SSSR count). The van der Waals surface area contributed by atoms with Crippen LogP contribution in [-0.4, -0.2) is 109 Å². The lowest BCUT2D eigenvalue weighted by atomic mass is 10.1. The normalized spacial score (nSPS) is 18.0. The first-order chi connectivity index (χ1) is 26.1. The molecule has 1 aliphatic carbocycles. The molecule has 2 aromatic carbocycles. The van der Waals surface area contributed by atoms with Crippen LogP contribution in [0.5, 0.6) is 17.5 Å². The molecule has 0 unspecified atom stereocenters. The number of aromatic nitrogens is 3. The molecule has 6 bridgehead atoms. The van der Waals surface area contributed by atoms with Gasteiger partial charge in [0.15, 0.2) is 6.61 Å². The Morgan fingerprint density at radius 3 is 2.37 bits per heavy atom. The van der Waals surface area contributed by atoms with E-state index in [-0.39, 0.29) is 36.4 Å². The van der Waals surface area contributed by atoms with Gasteiger partial charge in [-0.3, -0.25) is 4.79 Å². The van der Waals surface area contributed by atoms with Crippen molar-refractivity contribution in [3.8, 4) is 17.5 Å². The van der Waals surface area contributed by atoms with E-state index in [9.17, 15) is 22.8 Å². The molecule has 14 nitrogen and oxygen atoms in total. The maximum absolute atomic E-state index is 13.6. The van der Waals surface area contributed by atoms with Gasteiger partial charge in [-0.15, -0.1) is 0 Å². The van der Waals surface area contributed by atoms with Crippen LogP contribution < -0.4 is 30.2 Å². The number of amides is 2. The summed E-state index contributed by atoms with van der Waals surface area (Å²) in [5, 5.41) is 9.15. The second-order valence-electron chi connectivity index (χ2n) is 13.9. The highest BCUT2D eigenvalue weighted by atomic mass is 19.4. The van der Waals surface area contributed by atoms with Crippen LogP contribution in [0, 0.1) is 5.41 Å². The molecular weight excluding hydrogens is 709 g/mol. The van der Waals surface area contributed by atoms with Crippen molar-refractivity contribution in [2.24, 2.45) is 5.41 Å². The Morgan fingerprint density at radius 1 is 0.907 bits per heavy atom. The molecular formula is C37H47F3N8O6. The molecule has 3 N–H and O–H groups in total. The summed E-state index contributed by atoms with van der Waals surface area (Å²) in [5.74, 6) is 0.552. The summed E-state index contributed by atoms with van der Waals surface area (Å²) in [4.78, 5) is 42.7. The van der Waals surface area contributed by atoms with Gasteiger partial charge in [-0.05, 0) is 87.9 Å². The smallest absolute Gasteiger partial charge is 0.422 e. The standard InChI is InChI=1S/C37H47F3N8O6/c1-51-35(50)48-17-4-5-19-53-30-21-27(9-12-29(30)31(49)42-23-36(13-14-36)24-47-15-2-3-16-47)43-33-44-32(45-34(46-33)54-25-37(38,39)40)41-22-26-7-10-28(11-8-26)52-20-6-18-48/h7-12,21H,2-6,13-20,22-25H2,1H3,(H,42,49)(H2,41,43,44,45,46). The minimum atomic E-state index is -4.61. The van der Waals surface area contributed by atoms with Crippen LogP contribution in [0.1, 0.15) is 60.9 Å². The van der Waals surface area contributed by atoms with Crippen molar-refractivity contribution in [3.05, 3.63) is 53.6 Å². The van der Waals surface area contributed by atoms with E-state index in [1.54, 1.807) is 35.2 Å². The molecule has 4 heterocycles. The van der Waals surface area contributed by atoms with E-state index in [0.29, 0.717) is 68.3 Å². The quantitative estimate of drug-likeness (QED) is 0.268. The van der Waals surface area contributed by atoms with E-state index in [2.05, 4.69) is 35.8 Å². The zero-order valence-electron chi connectivity index (χ0n) is 30.4. The summed E-state index contributed by atoms with van der Waals surface area (Å²) in [6, 6.07) is 11.6. The Balaban J connectivity index is 1.23. The molecule has 54 heavy (non-hydrogen) atoms. The number of carbonyl (C=O) groups is 2. The first-order valence-corrected chi connectivity index (χ1v) is 18.4. The van der Waals surface area contributed by atoms with Gasteiger partial charge in [-0.1, -0.05) is 12.1 Å². The monoisotopic (exact) mass is 756 g/mol. The van der Waals surface area contributed by atoms with Crippen LogP contribution >= 0.6 is 0 Å². The molecule has 0 atom stereocenters. The Hall–Kier alpha value is -5.06. The van der Waals surface area contributed by atoms with Gasteiger partial charge in [0.2, 0.25) is 11.9 Å². The molecule has 4 aliphatic rings. The third-order valence-electron chi connectivity index (χ3n) is 9.53. The summed E-state index contributed by atoms with van der Waals surface area (Å²) in [5.41, 5.74) is 1.65. The van der Waals surface area contributed by atoms with Crippen LogP contribution in [-0.2, 0) is 11.3 Å². The number of hydrogen-bond acceptors (Lipinski definition) is 12. The Bertz CT molecular complexity index is 1720. The zero-order chi connectivity index (χ0) is 38.0. The highest BCUT2D eigenvalue weighted by Crippen LogP contribution is 2.46. The summed E-state index contributed by atoms with van der Waals surface area (Å²) in [7, 11) is 1.35. The fourth-order valence-electron chi connectivity index (χ4n) is 6.42. The number of hydrogen-bond donors (Lipinski definition) is 3. The fourth-order valence-corrected chi connectivity index (χ4v) is 6.42. The van der Waals surface area contributed by atoms with Crippen LogP contribution in [0.2, 0.25) is 0 Å². The van der Waals surface area contributed by atoms with E-state index >= 15 is 0 Å². The molecule has 1 saturated carbocycles. The molecule has 17 heteroatoms. The second-order valence-corrected chi connectivity index (χ2v) is 13.9. The number of anilines is 3. The number of rotatable bonds is 7. The van der Waals surface area contributed by atoms with E-state index in [0.717, 1.165) is 38.0 Å². The number of fused-ring (bicyclic) bond motifs is 12. The SMILES string of the molecule is COC(=O)N1CCCCOc2cc(ccc2C(=O)NCC2(CN3CCCC3)CC2)Nc2nc(nc(OCC(F)(F)F)n2)NCc2ccc(cc2)OCCC1. The van der Waals surface area contributed by atoms with Gasteiger partial charge in [-0.25, -0.2) is 4.79 Å². The molecule has 3 aliphatic heterocycles. The van der Waals surface area contributed by atoms with Crippen molar-refractivity contribution < 1.29 is 41.7 Å². The molecule has 2 fully saturated rings. The van der Waals surface area contributed by atoms with Crippen LogP contribution in [0.4, 0.5) is 35.5 Å². The summed E-state index contributed by atoms with van der Waals surface area (Å²) < 4.78 is 61.1. The predicted octanol–water partition coefficient (Wildman–Crippen LogP) is 5.78. The molecule has 1 saturated heterocycles. The van der Waals surface area contributed by atoms with E-state index in [4.69, 9.17) is 18.9 Å². The van der Waals surface area contributed by atoms with Crippen molar-refractivity contribution in [1.29, 1.82) is 0 Å². The molecule has 1 aromatic heterocycles. The van der Waals surface area contributed by atoms with Gasteiger partial charge in [0, 0.05) is 49.9 Å². The largest absolute Gasteiger partial charge is 0.494 e. The molecule has 0 radical (unpaired) electrons. The third kappa shape index (κ3) is 11.5. The second kappa shape index (κ2) is 17.8. The number of nitrogens with one attached hydrogen (secondary N) is 3. The molecule has 0 spiro atoms. The third-order valence-corrected chi connectivity index (χ3v) is 9.53. The fraction of sp³-hybridized carbons (Fsp3) is 0.541. The molecule has 292 valence electrons. The summed E-state index contributed by atoms with van der Waals surface area (Å²) in [6.45, 7) is 3.85. The van der Waals surface area contributed by atoms with Crippen LogP contribution in [0.25, 0.3) is 0 Å². The number of nitrogens with zero attached hydrogens (tertiary/aromatic N) is 5. The van der Waals surface area contributed by atoms with Gasteiger partial charge in [-0.2, -0.15) is 28.1 Å². The number of alkyl halides is 3. The van der Waals surface area contributed by atoms with E-state index in [1.165, 1.54) is 20.0 Å². The molecule has 2 amide bonds. The van der Waals surface area contributed by atoms with Gasteiger partial charge in [0.1, 0.15) is 11.5 Å². The van der Waals surface area contributed by atoms with E-state index in [1.807, 2.05) is 12.1 Å². The number of methoxy groups -OCH3 is 1. The summed E-state index contributed by atoms with van der Waals surface area (Å²) >= 11 is 0. The number of benzene rings is 2. The van der Waals surface area contributed by atoms with Gasteiger partial charge in [0.25, 0.3) is 5.91 Å². The van der Waals surface area contributed by atoms with Crippen molar-refractivity contribution in [2.75, 3.05) is 76.8 Å². The van der Waals surface area contributed by atoms with Gasteiger partial charge in [0.05, 0.1) is 25.9 Å². The topological polar surface area (TPSA) is 152 Å². The maximum Gasteiger partial charge on any atom is 0.422 e. The van der Waals surface area contributed by atoms with Crippen LogP contribution in [0.3, 0.4) is 0 Å². The number of halogens is 3. The van der Waals surface area contributed by atoms with Gasteiger partial charge < -0.3 is 44.7 Å². The number of carbonyl (C=O) groups excluding carboxylic acids is 2. The zero-order valence-corrected chi connectivity index (χ0v) is 30.4. The first-order valence-electron chi connectivity index (χ1n) is 18.4. The molecule has 3 aromatic rings. The van der Waals surface area contributed by atoms with E-state index < -0.39 is 24.9 Å². The highest BCUT2D eigenvalue weighted by Gasteiger charge is 2.44. The number of likely N-dealkylation sites (tertiary alicyclic amines) is 1. The number of ether oxygens (including phenoxy) is 4. The van der Waals surface area contributed by atoms with Crippen molar-refractivity contribution >= 4 is 29.6 Å². The first kappa shape index (κ1) is 38.7. The van der Waals surface area contributed by atoms with Crippen molar-refractivity contribution in [2.45, 2.75) is 57.7 Å². The minimum absolute atomic E-state index is 0.0195. The van der Waals surface area contributed by atoms with Gasteiger partial charge >= 0.3 is 18.3 Å². The Morgan fingerprint density at radius 2 is 1.63 bits per heavy atom. The maximum atomic E-state index is 13.6. The Labute approximate surface area is 312 Å². The van der Waals surface area contributed by atoms with Crippen molar-refractivity contribution in [3.63, 3.8) is 0 Å². The van der Waals surface area contributed by atoms with Crippen LogP contribution in [0.15, 0.2) is 42.5 Å². The average Bonchev–Trinajstić information content (AvgIpc) is 3.73. The average molecular weight is 757 g/mol. The lowest BCUT2D eigenvalue weighted by Crippen LogP contribution is -2.37. The Kier molecular flexibility index (Phi) is 12.8. The lowest BCUT2D eigenvalue weighted by molar-refractivity contribution is -0.154. The predicted molar refractivity (Wildman–Crippen MR) is 193 cm³/mol. The summed E-state index contributed by atoms with van der Waals surface area (Å²) in [6.07, 6.45) is 1.26. The lowest BCUT2D eigenvalue weighted by Gasteiger charge is -2.23. The van der Waals surface area contributed by atoms with Crippen molar-refractivity contribution in [1.82, 2.24) is 30.1 Å². The minimum Gasteiger partial charge on any atom is -0.494 e.